The van der Waals surface area contributed by atoms with E-state index in [1.165, 1.54) is 11.3 Å². The lowest BCUT2D eigenvalue weighted by Crippen LogP contribution is -2.26. The molecule has 0 saturated heterocycles. The maximum atomic E-state index is 12.3. The number of hydrogen-bond donors (Lipinski definition) is 2. The van der Waals surface area contributed by atoms with E-state index in [0.717, 1.165) is 39.7 Å². The summed E-state index contributed by atoms with van der Waals surface area (Å²) in [5.41, 5.74) is 8.50. The van der Waals surface area contributed by atoms with Crippen molar-refractivity contribution >= 4 is 22.9 Å². The monoisotopic (exact) mass is 317 g/mol. The summed E-state index contributed by atoms with van der Waals surface area (Å²) in [6, 6.07) is 7.74. The number of aromatic nitrogens is 1. The number of thiazole rings is 1. The summed E-state index contributed by atoms with van der Waals surface area (Å²) >= 11 is 1.47. The summed E-state index contributed by atoms with van der Waals surface area (Å²) < 4.78 is 0. The number of nitrogens with one attached hydrogen (secondary N) is 1. The van der Waals surface area contributed by atoms with Crippen LogP contribution in [0.5, 0.6) is 0 Å². The third-order valence-corrected chi connectivity index (χ3v) is 4.30. The number of hydrogen-bond acceptors (Lipinski definition) is 4. The SMILES string of the molecule is Cc1nc(CC(C)C)c(C(=O)NCCc2ccc(N)cc2)s1. The van der Waals surface area contributed by atoms with Crippen LogP contribution < -0.4 is 11.1 Å². The highest BCUT2D eigenvalue weighted by Crippen LogP contribution is 2.20. The van der Waals surface area contributed by atoms with Gasteiger partial charge in [0, 0.05) is 12.2 Å². The molecule has 22 heavy (non-hydrogen) atoms. The lowest BCUT2D eigenvalue weighted by Gasteiger charge is -2.07. The van der Waals surface area contributed by atoms with E-state index in [9.17, 15) is 4.79 Å². The number of aryl methyl sites for hydroxylation is 1. The van der Waals surface area contributed by atoms with Gasteiger partial charge in [-0.2, -0.15) is 0 Å². The van der Waals surface area contributed by atoms with E-state index in [1.54, 1.807) is 0 Å². The van der Waals surface area contributed by atoms with Crippen LogP contribution in [0.4, 0.5) is 5.69 Å². The van der Waals surface area contributed by atoms with Crippen molar-refractivity contribution in [1.29, 1.82) is 0 Å². The standard InChI is InChI=1S/C17H23N3OS/c1-11(2)10-15-16(22-12(3)20-15)17(21)19-9-8-13-4-6-14(18)7-5-13/h4-7,11H,8-10,18H2,1-3H3,(H,19,21). The molecule has 0 bridgehead atoms. The normalized spacial score (nSPS) is 10.9. The van der Waals surface area contributed by atoms with Crippen molar-refractivity contribution in [3.63, 3.8) is 0 Å². The van der Waals surface area contributed by atoms with Gasteiger partial charge in [0.2, 0.25) is 0 Å². The summed E-state index contributed by atoms with van der Waals surface area (Å²) in [6.45, 7) is 6.83. The summed E-state index contributed by atoms with van der Waals surface area (Å²) in [5.74, 6) is 0.472. The molecular weight excluding hydrogens is 294 g/mol. The molecule has 0 unspecified atom stereocenters. The first-order valence-electron chi connectivity index (χ1n) is 7.54. The van der Waals surface area contributed by atoms with Crippen LogP contribution in [0.25, 0.3) is 0 Å². The highest BCUT2D eigenvalue weighted by atomic mass is 32.1. The first-order valence-corrected chi connectivity index (χ1v) is 8.36. The van der Waals surface area contributed by atoms with E-state index in [4.69, 9.17) is 5.73 Å². The largest absolute Gasteiger partial charge is 0.399 e. The summed E-state index contributed by atoms with van der Waals surface area (Å²) in [7, 11) is 0. The Morgan fingerprint density at radius 3 is 2.64 bits per heavy atom. The first-order chi connectivity index (χ1) is 10.5. The van der Waals surface area contributed by atoms with Gasteiger partial charge in [0.15, 0.2) is 0 Å². The van der Waals surface area contributed by atoms with E-state index in [-0.39, 0.29) is 5.91 Å². The molecule has 0 aliphatic rings. The molecular formula is C17H23N3OS. The molecule has 1 aromatic heterocycles. The lowest BCUT2D eigenvalue weighted by molar-refractivity contribution is 0.0957. The molecule has 118 valence electrons. The Hall–Kier alpha value is -1.88. The van der Waals surface area contributed by atoms with Gasteiger partial charge in [0.05, 0.1) is 10.7 Å². The molecule has 2 aromatic rings. The van der Waals surface area contributed by atoms with Gasteiger partial charge >= 0.3 is 0 Å². The molecule has 0 atom stereocenters. The van der Waals surface area contributed by atoms with Crippen LogP contribution in [-0.4, -0.2) is 17.4 Å². The molecule has 0 radical (unpaired) electrons. The minimum absolute atomic E-state index is 0.0169. The maximum Gasteiger partial charge on any atom is 0.263 e. The molecule has 4 nitrogen and oxygen atoms in total. The van der Waals surface area contributed by atoms with E-state index in [0.29, 0.717) is 12.5 Å². The van der Waals surface area contributed by atoms with Crippen LogP contribution >= 0.6 is 11.3 Å². The Morgan fingerprint density at radius 2 is 2.00 bits per heavy atom. The molecule has 0 saturated carbocycles. The number of carbonyl (C=O) groups is 1. The van der Waals surface area contributed by atoms with Crippen LogP contribution in [0, 0.1) is 12.8 Å². The second-order valence-corrected chi connectivity index (χ2v) is 7.06. The molecule has 3 N–H and O–H groups in total. The van der Waals surface area contributed by atoms with Gasteiger partial charge in [0.1, 0.15) is 4.88 Å². The van der Waals surface area contributed by atoms with E-state index in [1.807, 2.05) is 31.2 Å². The zero-order valence-corrected chi connectivity index (χ0v) is 14.2. The van der Waals surface area contributed by atoms with Crippen LogP contribution in [-0.2, 0) is 12.8 Å². The van der Waals surface area contributed by atoms with Gasteiger partial charge in [0.25, 0.3) is 5.91 Å². The lowest BCUT2D eigenvalue weighted by atomic mass is 10.1. The fourth-order valence-corrected chi connectivity index (χ4v) is 3.12. The number of amides is 1. The molecule has 0 fully saturated rings. The smallest absolute Gasteiger partial charge is 0.263 e. The fraction of sp³-hybridized carbons (Fsp3) is 0.412. The summed E-state index contributed by atoms with van der Waals surface area (Å²) in [6.07, 6.45) is 1.63. The van der Waals surface area contributed by atoms with Crippen LogP contribution in [0.1, 0.15) is 39.8 Å². The van der Waals surface area contributed by atoms with Crippen molar-refractivity contribution in [2.24, 2.45) is 5.92 Å². The van der Waals surface area contributed by atoms with Crippen molar-refractivity contribution in [2.75, 3.05) is 12.3 Å². The Balaban J connectivity index is 1.93. The van der Waals surface area contributed by atoms with E-state index < -0.39 is 0 Å². The van der Waals surface area contributed by atoms with Gasteiger partial charge in [-0.15, -0.1) is 11.3 Å². The second-order valence-electron chi connectivity index (χ2n) is 5.85. The van der Waals surface area contributed by atoms with Crippen molar-refractivity contribution in [2.45, 2.75) is 33.6 Å². The Bertz CT molecular complexity index is 632. The van der Waals surface area contributed by atoms with Crippen molar-refractivity contribution in [3.8, 4) is 0 Å². The highest BCUT2D eigenvalue weighted by molar-refractivity contribution is 7.13. The average molecular weight is 317 g/mol. The van der Waals surface area contributed by atoms with Gasteiger partial charge in [-0.25, -0.2) is 4.98 Å². The quantitative estimate of drug-likeness (QED) is 0.804. The number of carbonyl (C=O) groups excluding carboxylic acids is 1. The summed E-state index contributed by atoms with van der Waals surface area (Å²) in [5, 5.41) is 3.93. The van der Waals surface area contributed by atoms with Gasteiger partial charge in [-0.1, -0.05) is 26.0 Å². The first kappa shape index (κ1) is 16.5. The van der Waals surface area contributed by atoms with Gasteiger partial charge in [-0.05, 0) is 43.4 Å². The fourth-order valence-electron chi connectivity index (χ4n) is 2.26. The minimum atomic E-state index is -0.0169. The number of nitrogen functional groups attached to an aromatic ring is 1. The maximum absolute atomic E-state index is 12.3. The van der Waals surface area contributed by atoms with Gasteiger partial charge < -0.3 is 11.1 Å². The summed E-state index contributed by atoms with van der Waals surface area (Å²) in [4.78, 5) is 17.6. The topological polar surface area (TPSA) is 68.0 Å². The molecule has 1 aromatic carbocycles. The zero-order valence-electron chi connectivity index (χ0n) is 13.3. The second kappa shape index (κ2) is 7.40. The predicted octanol–water partition coefficient (Wildman–Crippen LogP) is 3.20. The predicted molar refractivity (Wildman–Crippen MR) is 92.3 cm³/mol. The molecule has 0 aliphatic carbocycles. The van der Waals surface area contributed by atoms with Crippen LogP contribution in [0.3, 0.4) is 0 Å². The average Bonchev–Trinajstić information content (AvgIpc) is 2.81. The number of rotatable bonds is 6. The van der Waals surface area contributed by atoms with Crippen LogP contribution in [0.15, 0.2) is 24.3 Å². The Kier molecular flexibility index (Phi) is 5.55. The molecule has 0 aliphatic heterocycles. The van der Waals surface area contributed by atoms with Crippen LogP contribution in [0.2, 0.25) is 0 Å². The molecule has 5 heteroatoms. The molecule has 2 rings (SSSR count). The van der Waals surface area contributed by atoms with Crippen molar-refractivity contribution in [3.05, 3.63) is 45.4 Å². The number of benzene rings is 1. The number of nitrogens with two attached hydrogens (primary N) is 1. The number of nitrogens with zero attached hydrogens (tertiary/aromatic N) is 1. The zero-order chi connectivity index (χ0) is 16.1. The highest BCUT2D eigenvalue weighted by Gasteiger charge is 2.17. The van der Waals surface area contributed by atoms with E-state index >= 15 is 0 Å². The Morgan fingerprint density at radius 1 is 1.32 bits per heavy atom. The van der Waals surface area contributed by atoms with E-state index in [2.05, 4.69) is 24.1 Å². The Labute approximate surface area is 135 Å². The minimum Gasteiger partial charge on any atom is -0.399 e. The van der Waals surface area contributed by atoms with Crippen molar-refractivity contribution < 1.29 is 4.79 Å². The number of anilines is 1. The third-order valence-electron chi connectivity index (χ3n) is 3.29. The van der Waals surface area contributed by atoms with Crippen molar-refractivity contribution in [1.82, 2.24) is 10.3 Å². The molecule has 1 amide bonds. The molecule has 0 spiro atoms. The van der Waals surface area contributed by atoms with Gasteiger partial charge in [-0.3, -0.25) is 4.79 Å². The molecule has 1 heterocycles. The third kappa shape index (κ3) is 4.56.